The minimum atomic E-state index is -0.646. The van der Waals surface area contributed by atoms with Crippen LogP contribution >= 0.6 is 0 Å². The van der Waals surface area contributed by atoms with Crippen LogP contribution in [0.25, 0.3) is 11.3 Å². The molecule has 1 atom stereocenters. The van der Waals surface area contributed by atoms with Gasteiger partial charge in [0.1, 0.15) is 22.9 Å². The molecule has 8 nitrogen and oxygen atoms in total. The second kappa shape index (κ2) is 9.41. The largest absolute Gasteiger partial charge is 0.383 e. The van der Waals surface area contributed by atoms with E-state index in [2.05, 4.69) is 10.4 Å². The summed E-state index contributed by atoms with van der Waals surface area (Å²) < 4.78 is 20.6. The number of nitrogens with one attached hydrogen (secondary N) is 1. The van der Waals surface area contributed by atoms with Gasteiger partial charge in [-0.1, -0.05) is 30.3 Å². The maximum atomic E-state index is 13.5. The molecule has 2 aromatic carbocycles. The molecule has 1 aliphatic heterocycles. The summed E-state index contributed by atoms with van der Waals surface area (Å²) in [6, 6.07) is 11.3. The number of benzene rings is 2. The van der Waals surface area contributed by atoms with Gasteiger partial charge in [-0.3, -0.25) is 9.59 Å². The van der Waals surface area contributed by atoms with Crippen molar-refractivity contribution in [2.75, 3.05) is 18.9 Å². The van der Waals surface area contributed by atoms with Gasteiger partial charge in [0.2, 0.25) is 0 Å². The minimum Gasteiger partial charge on any atom is -0.383 e. The number of nitrogens with two attached hydrogens (primary N) is 2. The van der Waals surface area contributed by atoms with Crippen molar-refractivity contribution in [3.63, 3.8) is 0 Å². The van der Waals surface area contributed by atoms with E-state index < -0.39 is 11.7 Å². The van der Waals surface area contributed by atoms with Gasteiger partial charge in [-0.15, -0.1) is 0 Å². The van der Waals surface area contributed by atoms with Crippen molar-refractivity contribution in [3.8, 4) is 11.3 Å². The molecule has 2 amide bonds. The van der Waals surface area contributed by atoms with Gasteiger partial charge < -0.3 is 21.5 Å². The second-order valence-corrected chi connectivity index (χ2v) is 8.13. The van der Waals surface area contributed by atoms with Crippen molar-refractivity contribution in [2.45, 2.75) is 32.4 Å². The molecule has 1 saturated heterocycles. The Morgan fingerprint density at radius 2 is 2.00 bits per heavy atom. The highest BCUT2D eigenvalue weighted by Gasteiger charge is 2.26. The van der Waals surface area contributed by atoms with Crippen molar-refractivity contribution >= 4 is 17.6 Å². The summed E-state index contributed by atoms with van der Waals surface area (Å²) >= 11 is 0. The second-order valence-electron chi connectivity index (χ2n) is 8.13. The predicted molar refractivity (Wildman–Crippen MR) is 122 cm³/mol. The monoisotopic (exact) mass is 451 g/mol. The number of rotatable bonds is 6. The predicted octanol–water partition coefficient (Wildman–Crippen LogP) is 2.96. The number of aromatic nitrogens is 2. The quantitative estimate of drug-likeness (QED) is 0.531. The van der Waals surface area contributed by atoms with E-state index in [1.54, 1.807) is 29.8 Å². The number of carbonyl (C=O) groups is 2. The summed E-state index contributed by atoms with van der Waals surface area (Å²) in [6.07, 6.45) is 1.74. The fourth-order valence-corrected chi connectivity index (χ4v) is 3.98. The SMILES string of the molecule is Cc1ccc(F)cc1C(=O)NCc1ccc(-c2nn(C3CCCOC3)c(N)c2C(N)=O)cc1. The lowest BCUT2D eigenvalue weighted by Gasteiger charge is -2.23. The molecule has 1 unspecified atom stereocenters. The van der Waals surface area contributed by atoms with Gasteiger partial charge in [0.25, 0.3) is 11.8 Å². The molecule has 5 N–H and O–H groups in total. The first-order chi connectivity index (χ1) is 15.8. The molecule has 0 spiro atoms. The number of hydrogen-bond donors (Lipinski definition) is 3. The highest BCUT2D eigenvalue weighted by molar-refractivity contribution is 6.03. The Labute approximate surface area is 190 Å². The standard InChI is InChI=1S/C24H26FN5O3/c1-14-4-9-17(25)11-19(14)24(32)28-12-15-5-7-16(8-6-15)21-20(23(27)31)22(26)30(29-21)18-3-2-10-33-13-18/h4-9,11,18H,2-3,10,12-13,26H2,1H3,(H2,27,31)(H,28,32). The zero-order valence-electron chi connectivity index (χ0n) is 18.3. The fourth-order valence-electron chi connectivity index (χ4n) is 3.98. The zero-order valence-corrected chi connectivity index (χ0v) is 18.3. The number of nitrogens with zero attached hydrogens (tertiary/aromatic N) is 2. The van der Waals surface area contributed by atoms with Crippen molar-refractivity contribution in [1.82, 2.24) is 15.1 Å². The third-order valence-electron chi connectivity index (χ3n) is 5.80. The van der Waals surface area contributed by atoms with Crippen LogP contribution in [0.15, 0.2) is 42.5 Å². The number of anilines is 1. The van der Waals surface area contributed by atoms with E-state index in [1.807, 2.05) is 12.1 Å². The summed E-state index contributed by atoms with van der Waals surface area (Å²) in [5.74, 6) is -1.23. The number of carbonyl (C=O) groups excluding carboxylic acids is 2. The molecule has 0 aliphatic carbocycles. The summed E-state index contributed by atoms with van der Waals surface area (Å²) in [5.41, 5.74) is 14.9. The van der Waals surface area contributed by atoms with Gasteiger partial charge in [-0.2, -0.15) is 5.10 Å². The van der Waals surface area contributed by atoms with Crippen LogP contribution in [0.4, 0.5) is 10.2 Å². The molecule has 172 valence electrons. The van der Waals surface area contributed by atoms with Crippen LogP contribution in [0.1, 0.15) is 50.7 Å². The fraction of sp³-hybridized carbons (Fsp3) is 0.292. The van der Waals surface area contributed by atoms with Crippen LogP contribution in [0.2, 0.25) is 0 Å². The maximum absolute atomic E-state index is 13.5. The third kappa shape index (κ3) is 4.73. The number of aryl methyl sites for hydroxylation is 1. The van der Waals surface area contributed by atoms with Crippen LogP contribution in [0.3, 0.4) is 0 Å². The molecule has 1 fully saturated rings. The number of nitrogen functional groups attached to an aromatic ring is 1. The van der Waals surface area contributed by atoms with Crippen LogP contribution < -0.4 is 16.8 Å². The maximum Gasteiger partial charge on any atom is 0.254 e. The van der Waals surface area contributed by atoms with E-state index in [0.29, 0.717) is 35.6 Å². The third-order valence-corrected chi connectivity index (χ3v) is 5.80. The van der Waals surface area contributed by atoms with Crippen molar-refractivity contribution < 1.29 is 18.7 Å². The van der Waals surface area contributed by atoms with Crippen LogP contribution in [-0.2, 0) is 11.3 Å². The van der Waals surface area contributed by atoms with E-state index in [1.165, 1.54) is 12.1 Å². The van der Waals surface area contributed by atoms with E-state index >= 15 is 0 Å². The van der Waals surface area contributed by atoms with Gasteiger partial charge in [0.15, 0.2) is 0 Å². The highest BCUT2D eigenvalue weighted by atomic mass is 19.1. The number of primary amides is 1. The zero-order chi connectivity index (χ0) is 23.5. The van der Waals surface area contributed by atoms with Gasteiger partial charge in [0.05, 0.1) is 12.6 Å². The number of halogens is 1. The smallest absolute Gasteiger partial charge is 0.254 e. The molecule has 33 heavy (non-hydrogen) atoms. The van der Waals surface area contributed by atoms with Gasteiger partial charge >= 0.3 is 0 Å². The Hall–Kier alpha value is -3.72. The highest BCUT2D eigenvalue weighted by Crippen LogP contribution is 2.31. The van der Waals surface area contributed by atoms with Crippen LogP contribution in [0, 0.1) is 12.7 Å². The lowest BCUT2D eigenvalue weighted by Crippen LogP contribution is -2.24. The molecular weight excluding hydrogens is 425 g/mol. The first kappa shape index (κ1) is 22.5. The Balaban J connectivity index is 1.52. The van der Waals surface area contributed by atoms with E-state index in [9.17, 15) is 14.0 Å². The molecule has 0 saturated carbocycles. The van der Waals surface area contributed by atoms with Crippen molar-refractivity contribution in [3.05, 3.63) is 70.5 Å². The average Bonchev–Trinajstić information content (AvgIpc) is 3.17. The Kier molecular flexibility index (Phi) is 6.41. The normalized spacial score (nSPS) is 15.9. The molecule has 4 rings (SSSR count). The average molecular weight is 452 g/mol. The summed E-state index contributed by atoms with van der Waals surface area (Å²) in [4.78, 5) is 24.5. The minimum absolute atomic E-state index is 0.0497. The number of hydrogen-bond acceptors (Lipinski definition) is 5. The van der Waals surface area contributed by atoms with Crippen LogP contribution in [-0.4, -0.2) is 34.8 Å². The molecule has 1 aromatic heterocycles. The molecular formula is C24H26FN5O3. The van der Waals surface area contributed by atoms with Crippen molar-refractivity contribution in [1.29, 1.82) is 0 Å². The van der Waals surface area contributed by atoms with Crippen LogP contribution in [0.5, 0.6) is 0 Å². The molecule has 2 heterocycles. The topological polar surface area (TPSA) is 125 Å². The summed E-state index contributed by atoms with van der Waals surface area (Å²) in [5, 5.41) is 7.39. The molecule has 0 radical (unpaired) electrons. The van der Waals surface area contributed by atoms with E-state index in [-0.39, 0.29) is 29.9 Å². The van der Waals surface area contributed by atoms with Gasteiger partial charge in [0, 0.05) is 24.3 Å². The van der Waals surface area contributed by atoms with E-state index in [4.69, 9.17) is 16.2 Å². The van der Waals surface area contributed by atoms with Gasteiger partial charge in [-0.05, 0) is 43.0 Å². The first-order valence-electron chi connectivity index (χ1n) is 10.7. The van der Waals surface area contributed by atoms with Crippen molar-refractivity contribution in [2.24, 2.45) is 5.73 Å². The lowest BCUT2D eigenvalue weighted by atomic mass is 10.0. The lowest BCUT2D eigenvalue weighted by molar-refractivity contribution is 0.0558. The first-order valence-corrected chi connectivity index (χ1v) is 10.7. The molecule has 3 aromatic rings. The Bertz CT molecular complexity index is 1180. The summed E-state index contributed by atoms with van der Waals surface area (Å²) in [7, 11) is 0. The van der Waals surface area contributed by atoms with E-state index in [0.717, 1.165) is 18.4 Å². The molecule has 0 bridgehead atoms. The molecule has 1 aliphatic rings. The summed E-state index contributed by atoms with van der Waals surface area (Å²) in [6.45, 7) is 3.19. The Morgan fingerprint density at radius 3 is 2.67 bits per heavy atom. The number of ether oxygens (including phenoxy) is 1. The molecule has 9 heteroatoms. The number of amides is 2. The van der Waals surface area contributed by atoms with Gasteiger partial charge in [-0.25, -0.2) is 9.07 Å². The Morgan fingerprint density at radius 1 is 1.24 bits per heavy atom.